The van der Waals surface area contributed by atoms with Crippen molar-refractivity contribution < 1.29 is 0 Å². The summed E-state index contributed by atoms with van der Waals surface area (Å²) in [5, 5.41) is 0. The topological polar surface area (TPSA) is 29.3 Å². The van der Waals surface area contributed by atoms with Crippen LogP contribution in [-0.4, -0.2) is 30.1 Å². The summed E-state index contributed by atoms with van der Waals surface area (Å²) in [6.45, 7) is 4.65. The van der Waals surface area contributed by atoms with E-state index in [4.69, 9.17) is 5.73 Å². The van der Waals surface area contributed by atoms with Gasteiger partial charge < -0.3 is 5.73 Å². The lowest BCUT2D eigenvalue weighted by atomic mass is 9.71. The quantitative estimate of drug-likeness (QED) is 0.732. The zero-order valence-electron chi connectivity index (χ0n) is 9.79. The Hall–Kier alpha value is -0.0800. The molecule has 0 amide bonds. The molecule has 0 spiro atoms. The molecule has 0 aliphatic heterocycles. The van der Waals surface area contributed by atoms with Crippen molar-refractivity contribution in [2.75, 3.05) is 7.05 Å². The molecule has 0 aromatic heterocycles. The third-order valence-corrected chi connectivity index (χ3v) is 4.28. The van der Waals surface area contributed by atoms with E-state index in [0.717, 1.165) is 6.04 Å². The molecule has 0 aromatic rings. The van der Waals surface area contributed by atoms with Crippen LogP contribution in [0.3, 0.4) is 0 Å². The highest BCUT2D eigenvalue weighted by atomic mass is 15.2. The molecule has 2 nitrogen and oxygen atoms in total. The van der Waals surface area contributed by atoms with Gasteiger partial charge in [0, 0.05) is 18.1 Å². The van der Waals surface area contributed by atoms with Crippen molar-refractivity contribution >= 4 is 0 Å². The van der Waals surface area contributed by atoms with E-state index in [9.17, 15) is 0 Å². The first-order chi connectivity index (χ1) is 6.52. The highest BCUT2D eigenvalue weighted by molar-refractivity contribution is 4.99. The Balaban J connectivity index is 2.03. The first kappa shape index (κ1) is 10.4. The van der Waals surface area contributed by atoms with Gasteiger partial charge in [0.1, 0.15) is 0 Å². The minimum absolute atomic E-state index is 0.339. The molecule has 0 aromatic carbocycles. The van der Waals surface area contributed by atoms with E-state index in [1.807, 2.05) is 0 Å². The molecule has 82 valence electrons. The van der Waals surface area contributed by atoms with Crippen LogP contribution in [0.4, 0.5) is 0 Å². The lowest BCUT2D eigenvalue weighted by molar-refractivity contribution is 0.0802. The fraction of sp³-hybridized carbons (Fsp3) is 1.00. The zero-order valence-corrected chi connectivity index (χ0v) is 9.79. The lowest BCUT2D eigenvalue weighted by Crippen LogP contribution is -2.56. The van der Waals surface area contributed by atoms with Crippen molar-refractivity contribution in [3.05, 3.63) is 0 Å². The summed E-state index contributed by atoms with van der Waals surface area (Å²) < 4.78 is 0. The van der Waals surface area contributed by atoms with Crippen molar-refractivity contribution in [2.45, 2.75) is 64.1 Å². The molecule has 2 heteroatoms. The molecule has 2 fully saturated rings. The molecule has 2 unspecified atom stereocenters. The van der Waals surface area contributed by atoms with E-state index in [-0.39, 0.29) is 0 Å². The van der Waals surface area contributed by atoms with E-state index >= 15 is 0 Å². The Labute approximate surface area is 87.8 Å². The monoisotopic (exact) mass is 196 g/mol. The molecule has 0 bridgehead atoms. The van der Waals surface area contributed by atoms with Gasteiger partial charge in [0.15, 0.2) is 0 Å². The molecule has 2 atom stereocenters. The molecule has 14 heavy (non-hydrogen) atoms. The number of likely N-dealkylation sites (N-methyl/N-ethyl adjacent to an activating group) is 1. The zero-order chi connectivity index (χ0) is 10.3. The average molecular weight is 196 g/mol. The molecule has 2 aliphatic rings. The van der Waals surface area contributed by atoms with Crippen LogP contribution in [-0.2, 0) is 0 Å². The van der Waals surface area contributed by atoms with Crippen LogP contribution in [0.5, 0.6) is 0 Å². The van der Waals surface area contributed by atoms with Gasteiger partial charge in [0.05, 0.1) is 0 Å². The summed E-state index contributed by atoms with van der Waals surface area (Å²) in [6.07, 6.45) is 6.73. The predicted octanol–water partition coefficient (Wildman–Crippen LogP) is 1.99. The fourth-order valence-corrected chi connectivity index (χ4v) is 2.84. The van der Waals surface area contributed by atoms with Gasteiger partial charge >= 0.3 is 0 Å². The molecule has 2 aliphatic carbocycles. The normalized spacial score (nSPS) is 37.5. The minimum atomic E-state index is 0.339. The summed E-state index contributed by atoms with van der Waals surface area (Å²) in [4.78, 5) is 2.55. The Bertz CT molecular complexity index is 208. The maximum absolute atomic E-state index is 6.38. The van der Waals surface area contributed by atoms with Crippen molar-refractivity contribution in [2.24, 2.45) is 11.1 Å². The molecule has 2 rings (SSSR count). The second-order valence-corrected chi connectivity index (χ2v) is 5.87. The molecule has 0 heterocycles. The first-order valence-corrected chi connectivity index (χ1v) is 6.00. The van der Waals surface area contributed by atoms with Crippen molar-refractivity contribution in [3.8, 4) is 0 Å². The van der Waals surface area contributed by atoms with Crippen molar-refractivity contribution in [1.29, 1.82) is 0 Å². The summed E-state index contributed by atoms with van der Waals surface area (Å²) in [7, 11) is 2.27. The van der Waals surface area contributed by atoms with E-state index in [0.29, 0.717) is 17.5 Å². The van der Waals surface area contributed by atoms with Gasteiger partial charge in [-0.05, 0) is 38.1 Å². The van der Waals surface area contributed by atoms with Crippen LogP contribution in [0, 0.1) is 5.41 Å². The summed E-state index contributed by atoms with van der Waals surface area (Å²) in [5.41, 5.74) is 6.72. The van der Waals surface area contributed by atoms with Crippen molar-refractivity contribution in [3.63, 3.8) is 0 Å². The number of nitrogens with zero attached hydrogens (tertiary/aromatic N) is 1. The molecular formula is C12H24N2. The first-order valence-electron chi connectivity index (χ1n) is 6.00. The smallest absolute Gasteiger partial charge is 0.0252 e. The molecule has 2 saturated carbocycles. The minimum Gasteiger partial charge on any atom is -0.326 e. The van der Waals surface area contributed by atoms with Crippen LogP contribution in [0.25, 0.3) is 0 Å². The van der Waals surface area contributed by atoms with Gasteiger partial charge in [0.2, 0.25) is 0 Å². The highest BCUT2D eigenvalue weighted by Crippen LogP contribution is 2.39. The summed E-state index contributed by atoms with van der Waals surface area (Å²) in [6, 6.07) is 1.84. The number of hydrogen-bond acceptors (Lipinski definition) is 2. The number of hydrogen-bond donors (Lipinski definition) is 1. The van der Waals surface area contributed by atoms with Gasteiger partial charge in [-0.2, -0.15) is 0 Å². The van der Waals surface area contributed by atoms with Crippen LogP contribution >= 0.6 is 0 Å². The van der Waals surface area contributed by atoms with Gasteiger partial charge in [-0.25, -0.2) is 0 Å². The van der Waals surface area contributed by atoms with Crippen LogP contribution in [0.15, 0.2) is 0 Å². The Kier molecular flexibility index (Phi) is 2.61. The third kappa shape index (κ3) is 1.82. The van der Waals surface area contributed by atoms with Crippen LogP contribution < -0.4 is 5.73 Å². The SMILES string of the molecule is CN(C1CC1)C1CCCC(C)(C)C1N. The van der Waals surface area contributed by atoms with Crippen LogP contribution in [0.2, 0.25) is 0 Å². The Morgan fingerprint density at radius 3 is 2.43 bits per heavy atom. The molecule has 0 radical (unpaired) electrons. The largest absolute Gasteiger partial charge is 0.326 e. The van der Waals surface area contributed by atoms with Gasteiger partial charge in [0.25, 0.3) is 0 Å². The predicted molar refractivity (Wildman–Crippen MR) is 60.2 cm³/mol. The number of rotatable bonds is 2. The Morgan fingerprint density at radius 2 is 1.86 bits per heavy atom. The third-order valence-electron chi connectivity index (χ3n) is 4.28. The van der Waals surface area contributed by atoms with Gasteiger partial charge in [-0.15, -0.1) is 0 Å². The molecular weight excluding hydrogens is 172 g/mol. The summed E-state index contributed by atoms with van der Waals surface area (Å²) >= 11 is 0. The Morgan fingerprint density at radius 1 is 1.21 bits per heavy atom. The van der Waals surface area contributed by atoms with Gasteiger partial charge in [-0.1, -0.05) is 20.3 Å². The highest BCUT2D eigenvalue weighted by Gasteiger charge is 2.41. The van der Waals surface area contributed by atoms with E-state index in [1.54, 1.807) is 0 Å². The second-order valence-electron chi connectivity index (χ2n) is 5.87. The fourth-order valence-electron chi connectivity index (χ4n) is 2.84. The lowest BCUT2D eigenvalue weighted by Gasteiger charge is -2.45. The molecule has 2 N–H and O–H groups in total. The van der Waals surface area contributed by atoms with Crippen LogP contribution in [0.1, 0.15) is 46.0 Å². The standard InChI is InChI=1S/C12H24N2/c1-12(2)8-4-5-10(11(12)13)14(3)9-6-7-9/h9-11H,4-8,13H2,1-3H3. The average Bonchev–Trinajstić information content (AvgIpc) is 2.91. The van der Waals surface area contributed by atoms with Crippen molar-refractivity contribution in [1.82, 2.24) is 4.90 Å². The van der Waals surface area contributed by atoms with Gasteiger partial charge in [-0.3, -0.25) is 4.90 Å². The van der Waals surface area contributed by atoms with E-state index in [2.05, 4.69) is 25.8 Å². The van der Waals surface area contributed by atoms with E-state index < -0.39 is 0 Å². The maximum atomic E-state index is 6.38. The summed E-state index contributed by atoms with van der Waals surface area (Å²) in [5.74, 6) is 0. The second kappa shape index (κ2) is 3.49. The maximum Gasteiger partial charge on any atom is 0.0252 e. The molecule has 0 saturated heterocycles. The number of nitrogens with two attached hydrogens (primary N) is 1. The van der Waals surface area contributed by atoms with E-state index in [1.165, 1.54) is 32.1 Å².